The summed E-state index contributed by atoms with van der Waals surface area (Å²) in [6, 6.07) is -0.874. The molecular formula is C28H53N2O6P. The fourth-order valence-corrected chi connectivity index (χ4v) is 4.24. The molecule has 0 aromatic rings. The Morgan fingerprint density at radius 3 is 2.19 bits per heavy atom. The minimum Gasteiger partial charge on any atom is -0.387 e. The number of aliphatic hydroxyl groups is 1. The smallest absolute Gasteiger partial charge is 0.387 e. The van der Waals surface area contributed by atoms with Gasteiger partial charge in [-0.2, -0.15) is 0 Å². The second-order valence-electron chi connectivity index (χ2n) is 9.24. The topological polar surface area (TPSA) is 131 Å². The molecule has 0 aliphatic heterocycles. The summed E-state index contributed by atoms with van der Waals surface area (Å²) in [6.07, 6.45) is 25.0. The molecule has 0 spiro atoms. The van der Waals surface area contributed by atoms with Crippen LogP contribution in [0.3, 0.4) is 0 Å². The molecule has 0 radical (unpaired) electrons. The highest BCUT2D eigenvalue weighted by molar-refractivity contribution is 7.47. The highest BCUT2D eigenvalue weighted by Gasteiger charge is 2.26. The van der Waals surface area contributed by atoms with Gasteiger partial charge in [-0.25, -0.2) is 4.57 Å². The van der Waals surface area contributed by atoms with E-state index in [0.29, 0.717) is 6.42 Å². The molecule has 0 aromatic carbocycles. The molecule has 0 aromatic heterocycles. The standard InChI is InChI=1S/C28H53N2O6P/c1-3-5-7-9-11-12-13-14-16-18-20-22-28(32)30-26(25-36-37(33,34)35-24-23-29)27(31)21-19-17-15-10-8-6-4-2/h8-11,19,21,26-27,31H,3-7,12-18,20,22-25,29H2,1-2H3,(H,30,32)(H,33,34)/b10-8+,11-9-,21-19+. The quantitative estimate of drug-likeness (QED) is 0.0621. The largest absolute Gasteiger partial charge is 0.472 e. The molecule has 0 heterocycles. The molecule has 0 aliphatic carbocycles. The highest BCUT2D eigenvalue weighted by Crippen LogP contribution is 2.43. The normalized spacial score (nSPS) is 15.5. The third-order valence-electron chi connectivity index (χ3n) is 5.67. The van der Waals surface area contributed by atoms with Gasteiger partial charge in [0.2, 0.25) is 5.91 Å². The summed E-state index contributed by atoms with van der Waals surface area (Å²) in [6.45, 7) is 3.90. The van der Waals surface area contributed by atoms with Crippen molar-refractivity contribution in [2.75, 3.05) is 19.8 Å². The predicted molar refractivity (Wildman–Crippen MR) is 152 cm³/mol. The van der Waals surface area contributed by atoms with E-state index in [-0.39, 0.29) is 25.7 Å². The van der Waals surface area contributed by atoms with Crippen molar-refractivity contribution < 1.29 is 28.4 Å². The van der Waals surface area contributed by atoms with E-state index in [1.807, 2.05) is 6.08 Å². The monoisotopic (exact) mass is 544 g/mol. The molecule has 0 aliphatic rings. The van der Waals surface area contributed by atoms with Gasteiger partial charge in [-0.15, -0.1) is 0 Å². The summed E-state index contributed by atoms with van der Waals surface area (Å²) >= 11 is 0. The first-order chi connectivity index (χ1) is 17.9. The number of phosphoric acid groups is 1. The van der Waals surface area contributed by atoms with Crippen LogP contribution in [0.15, 0.2) is 36.5 Å². The molecule has 0 saturated carbocycles. The molecular weight excluding hydrogens is 491 g/mol. The molecule has 9 heteroatoms. The summed E-state index contributed by atoms with van der Waals surface area (Å²) in [5.41, 5.74) is 5.30. The Bertz CT molecular complexity index is 684. The lowest BCUT2D eigenvalue weighted by Gasteiger charge is -2.23. The first kappa shape index (κ1) is 35.7. The van der Waals surface area contributed by atoms with Crippen molar-refractivity contribution in [2.45, 2.75) is 116 Å². The summed E-state index contributed by atoms with van der Waals surface area (Å²) in [7, 11) is -4.32. The molecule has 3 unspecified atom stereocenters. The molecule has 37 heavy (non-hydrogen) atoms. The van der Waals surface area contributed by atoms with Crippen LogP contribution in [-0.2, 0) is 18.4 Å². The van der Waals surface area contributed by atoms with Crippen LogP contribution in [-0.4, -0.2) is 47.8 Å². The van der Waals surface area contributed by atoms with Gasteiger partial charge in [-0.1, -0.05) is 88.8 Å². The first-order valence-electron chi connectivity index (χ1n) is 14.1. The number of hydrogen-bond donors (Lipinski definition) is 4. The molecule has 216 valence electrons. The van der Waals surface area contributed by atoms with Crippen LogP contribution >= 0.6 is 7.82 Å². The van der Waals surface area contributed by atoms with Crippen LogP contribution < -0.4 is 11.1 Å². The van der Waals surface area contributed by atoms with Crippen molar-refractivity contribution >= 4 is 13.7 Å². The van der Waals surface area contributed by atoms with Crippen molar-refractivity contribution in [3.63, 3.8) is 0 Å². The van der Waals surface area contributed by atoms with Crippen LogP contribution in [0.1, 0.15) is 104 Å². The van der Waals surface area contributed by atoms with Crippen LogP contribution in [0.25, 0.3) is 0 Å². The SMILES string of the molecule is CCC/C=C/CC/C=C/C(O)C(COP(=O)(O)OCCN)NC(=O)CCCCCCC/C=C\CCCC. The number of hydrogen-bond acceptors (Lipinski definition) is 6. The number of nitrogens with two attached hydrogens (primary N) is 1. The van der Waals surface area contributed by atoms with Gasteiger partial charge >= 0.3 is 7.82 Å². The fourth-order valence-electron chi connectivity index (χ4n) is 3.48. The molecule has 5 N–H and O–H groups in total. The lowest BCUT2D eigenvalue weighted by molar-refractivity contribution is -0.123. The molecule has 0 saturated heterocycles. The lowest BCUT2D eigenvalue weighted by Crippen LogP contribution is -2.45. The summed E-state index contributed by atoms with van der Waals surface area (Å²) < 4.78 is 21.7. The van der Waals surface area contributed by atoms with Gasteiger partial charge in [0.25, 0.3) is 0 Å². The summed E-state index contributed by atoms with van der Waals surface area (Å²) in [5, 5.41) is 13.3. The van der Waals surface area contributed by atoms with Crippen LogP contribution in [0.4, 0.5) is 0 Å². The van der Waals surface area contributed by atoms with Crippen LogP contribution in [0.2, 0.25) is 0 Å². The third-order valence-corrected chi connectivity index (χ3v) is 6.65. The minimum absolute atomic E-state index is 0.0712. The number of carbonyl (C=O) groups is 1. The van der Waals surface area contributed by atoms with E-state index in [1.165, 1.54) is 12.8 Å². The maximum absolute atomic E-state index is 12.5. The zero-order chi connectivity index (χ0) is 27.6. The van der Waals surface area contributed by atoms with E-state index in [4.69, 9.17) is 14.8 Å². The molecule has 8 nitrogen and oxygen atoms in total. The maximum Gasteiger partial charge on any atom is 0.472 e. The van der Waals surface area contributed by atoms with Gasteiger partial charge in [0.1, 0.15) is 0 Å². The van der Waals surface area contributed by atoms with Crippen LogP contribution in [0.5, 0.6) is 0 Å². The van der Waals surface area contributed by atoms with Crippen molar-refractivity contribution in [3.05, 3.63) is 36.5 Å². The number of nitrogens with one attached hydrogen (secondary N) is 1. The Hall–Kier alpha value is -1.28. The Morgan fingerprint density at radius 1 is 0.865 bits per heavy atom. The second-order valence-corrected chi connectivity index (χ2v) is 10.7. The Labute approximate surface area is 225 Å². The number of unbranched alkanes of at least 4 members (excludes halogenated alkanes) is 9. The van der Waals surface area contributed by atoms with E-state index in [1.54, 1.807) is 6.08 Å². The molecule has 0 bridgehead atoms. The fraction of sp³-hybridized carbons (Fsp3) is 0.750. The number of allylic oxidation sites excluding steroid dienone is 5. The average Bonchev–Trinajstić information content (AvgIpc) is 2.87. The minimum atomic E-state index is -4.32. The van der Waals surface area contributed by atoms with Gasteiger partial charge < -0.3 is 21.1 Å². The van der Waals surface area contributed by atoms with Crippen molar-refractivity contribution in [1.82, 2.24) is 5.32 Å². The summed E-state index contributed by atoms with van der Waals surface area (Å²) in [4.78, 5) is 22.3. The van der Waals surface area contributed by atoms with E-state index in [0.717, 1.165) is 70.6 Å². The van der Waals surface area contributed by atoms with E-state index in [9.17, 15) is 19.4 Å². The molecule has 1 amide bonds. The zero-order valence-electron chi connectivity index (χ0n) is 23.2. The Balaban J connectivity index is 4.52. The Kier molecular flexibility index (Phi) is 24.2. The Morgan fingerprint density at radius 2 is 1.49 bits per heavy atom. The third kappa shape index (κ3) is 23.6. The van der Waals surface area contributed by atoms with E-state index >= 15 is 0 Å². The summed E-state index contributed by atoms with van der Waals surface area (Å²) in [5.74, 6) is -0.224. The lowest BCUT2D eigenvalue weighted by atomic mass is 10.1. The van der Waals surface area contributed by atoms with Crippen molar-refractivity contribution in [3.8, 4) is 0 Å². The highest BCUT2D eigenvalue weighted by atomic mass is 31.2. The zero-order valence-corrected chi connectivity index (χ0v) is 24.1. The van der Waals surface area contributed by atoms with Crippen molar-refractivity contribution in [1.29, 1.82) is 0 Å². The first-order valence-corrected chi connectivity index (χ1v) is 15.6. The van der Waals surface area contributed by atoms with Gasteiger partial charge in [0.15, 0.2) is 0 Å². The number of phosphoric ester groups is 1. The average molecular weight is 545 g/mol. The van der Waals surface area contributed by atoms with Gasteiger partial charge in [-0.05, 0) is 44.9 Å². The predicted octanol–water partition coefficient (Wildman–Crippen LogP) is 6.09. The maximum atomic E-state index is 12.5. The number of amides is 1. The van der Waals surface area contributed by atoms with Gasteiger partial charge in [-0.3, -0.25) is 13.8 Å². The number of aliphatic hydroxyl groups excluding tert-OH is 1. The molecule has 0 rings (SSSR count). The molecule has 3 atom stereocenters. The van der Waals surface area contributed by atoms with Gasteiger partial charge in [0, 0.05) is 13.0 Å². The second kappa shape index (κ2) is 25.0. The van der Waals surface area contributed by atoms with E-state index < -0.39 is 20.0 Å². The van der Waals surface area contributed by atoms with Crippen molar-refractivity contribution in [2.24, 2.45) is 5.73 Å². The van der Waals surface area contributed by atoms with E-state index in [2.05, 4.69) is 43.5 Å². The molecule has 0 fully saturated rings. The number of rotatable bonds is 25. The van der Waals surface area contributed by atoms with Crippen LogP contribution in [0, 0.1) is 0 Å². The van der Waals surface area contributed by atoms with Gasteiger partial charge in [0.05, 0.1) is 25.4 Å². The number of carbonyl (C=O) groups excluding carboxylic acids is 1.